The van der Waals surface area contributed by atoms with Gasteiger partial charge in [0, 0.05) is 6.20 Å². The predicted molar refractivity (Wildman–Crippen MR) is 54.8 cm³/mol. The number of nitrogens with zero attached hydrogens (tertiary/aromatic N) is 1. The molecule has 0 radical (unpaired) electrons. The van der Waals surface area contributed by atoms with Crippen molar-refractivity contribution in [3.8, 4) is 0 Å². The fourth-order valence-electron chi connectivity index (χ4n) is 1.02. The summed E-state index contributed by atoms with van der Waals surface area (Å²) in [6.07, 6.45) is 1.67. The molecule has 0 aliphatic rings. The molecule has 0 atom stereocenters. The van der Waals surface area contributed by atoms with Crippen LogP contribution in [0.25, 0.3) is 0 Å². The molecule has 1 aromatic heterocycles. The third-order valence-electron chi connectivity index (χ3n) is 1.94. The summed E-state index contributed by atoms with van der Waals surface area (Å²) < 4.78 is 2.02. The molecule has 0 unspecified atom stereocenters. The Hall–Kier alpha value is -0.610. The molecule has 0 saturated carbocycles. The minimum absolute atomic E-state index is 0.0661. The number of hydrogen-bond donors (Lipinski definition) is 1. The topological polar surface area (TPSA) is 42.2 Å². The Kier molecular flexibility index (Phi) is 2.93. The van der Waals surface area contributed by atoms with E-state index < -0.39 is 5.54 Å². The maximum Gasteiger partial charge on any atom is 0.265 e. The van der Waals surface area contributed by atoms with E-state index in [1.165, 1.54) is 4.57 Å². The second-order valence-electron chi connectivity index (χ2n) is 3.50. The van der Waals surface area contributed by atoms with Crippen molar-refractivity contribution in [3.05, 3.63) is 33.2 Å². The average molecular weight is 246 g/mol. The van der Waals surface area contributed by atoms with Crippen molar-refractivity contribution in [2.24, 2.45) is 0 Å². The lowest BCUT2D eigenvalue weighted by Crippen LogP contribution is -2.38. The van der Waals surface area contributed by atoms with E-state index in [0.717, 1.165) is 0 Å². The average Bonchev–Trinajstić information content (AvgIpc) is 2.09. The lowest BCUT2D eigenvalue weighted by Gasteiger charge is -2.24. The third kappa shape index (κ3) is 2.00. The predicted octanol–water partition coefficient (Wildman–Crippen LogP) is 1.34. The SMILES string of the molecule is CC(C)(CO)n1cccc(Br)c1=O. The molecule has 13 heavy (non-hydrogen) atoms. The van der Waals surface area contributed by atoms with Crippen molar-refractivity contribution in [2.75, 3.05) is 6.61 Å². The fourth-order valence-corrected chi connectivity index (χ4v) is 1.36. The normalized spacial score (nSPS) is 11.7. The van der Waals surface area contributed by atoms with Gasteiger partial charge in [-0.05, 0) is 41.9 Å². The lowest BCUT2D eigenvalue weighted by atomic mass is 10.1. The van der Waals surface area contributed by atoms with Crippen LogP contribution in [0.1, 0.15) is 13.8 Å². The van der Waals surface area contributed by atoms with E-state index in [2.05, 4.69) is 15.9 Å². The number of aliphatic hydroxyl groups excluding tert-OH is 1. The standard InChI is InChI=1S/C9H12BrNO2/c1-9(2,6-12)11-5-3-4-7(10)8(11)13/h3-5,12H,6H2,1-2H3. The maximum absolute atomic E-state index is 11.6. The molecule has 0 bridgehead atoms. The second kappa shape index (κ2) is 3.64. The molecule has 4 heteroatoms. The van der Waals surface area contributed by atoms with Crippen LogP contribution in [-0.2, 0) is 5.54 Å². The molecule has 1 heterocycles. The van der Waals surface area contributed by atoms with Crippen LogP contribution in [-0.4, -0.2) is 16.3 Å². The molecule has 72 valence electrons. The smallest absolute Gasteiger partial charge is 0.265 e. The lowest BCUT2D eigenvalue weighted by molar-refractivity contribution is 0.160. The molecule has 0 aromatic carbocycles. The van der Waals surface area contributed by atoms with Crippen LogP contribution in [0.3, 0.4) is 0 Å². The zero-order valence-electron chi connectivity index (χ0n) is 7.62. The van der Waals surface area contributed by atoms with Gasteiger partial charge >= 0.3 is 0 Å². The summed E-state index contributed by atoms with van der Waals surface area (Å²) in [5.74, 6) is 0. The van der Waals surface area contributed by atoms with Gasteiger partial charge in [0.25, 0.3) is 5.56 Å². The molecule has 0 aliphatic heterocycles. The second-order valence-corrected chi connectivity index (χ2v) is 4.36. The van der Waals surface area contributed by atoms with Crippen molar-refractivity contribution in [1.29, 1.82) is 0 Å². The number of halogens is 1. The van der Waals surface area contributed by atoms with Crippen LogP contribution in [0, 0.1) is 0 Å². The number of aromatic nitrogens is 1. The molecule has 0 aliphatic carbocycles. The van der Waals surface area contributed by atoms with Gasteiger partial charge < -0.3 is 9.67 Å². The van der Waals surface area contributed by atoms with Crippen molar-refractivity contribution < 1.29 is 5.11 Å². The minimum Gasteiger partial charge on any atom is -0.394 e. The molecule has 1 N–H and O–H groups in total. The van der Waals surface area contributed by atoms with Gasteiger partial charge in [-0.2, -0.15) is 0 Å². The summed E-state index contributed by atoms with van der Waals surface area (Å²) in [6.45, 7) is 3.55. The zero-order chi connectivity index (χ0) is 10.1. The van der Waals surface area contributed by atoms with E-state index in [9.17, 15) is 4.79 Å². The van der Waals surface area contributed by atoms with Gasteiger partial charge in [0.2, 0.25) is 0 Å². The molecule has 1 aromatic rings. The van der Waals surface area contributed by atoms with E-state index >= 15 is 0 Å². The van der Waals surface area contributed by atoms with Crippen LogP contribution < -0.4 is 5.56 Å². The first kappa shape index (κ1) is 10.5. The summed E-state index contributed by atoms with van der Waals surface area (Å²) >= 11 is 3.15. The van der Waals surface area contributed by atoms with Crippen LogP contribution in [0.2, 0.25) is 0 Å². The van der Waals surface area contributed by atoms with Gasteiger partial charge in [0.15, 0.2) is 0 Å². The van der Waals surface area contributed by atoms with Crippen LogP contribution in [0.4, 0.5) is 0 Å². The van der Waals surface area contributed by atoms with Crippen LogP contribution >= 0.6 is 15.9 Å². The third-order valence-corrected chi connectivity index (χ3v) is 2.54. The Balaban J connectivity index is 3.31. The first-order valence-corrected chi connectivity index (χ1v) is 4.77. The van der Waals surface area contributed by atoms with Crippen molar-refractivity contribution in [1.82, 2.24) is 4.57 Å². The quantitative estimate of drug-likeness (QED) is 0.855. The Morgan fingerprint density at radius 3 is 2.77 bits per heavy atom. The van der Waals surface area contributed by atoms with Gasteiger partial charge in [-0.15, -0.1) is 0 Å². The Labute approximate surface area is 85.1 Å². The van der Waals surface area contributed by atoms with Crippen molar-refractivity contribution in [3.63, 3.8) is 0 Å². The van der Waals surface area contributed by atoms with Gasteiger partial charge in [0.05, 0.1) is 16.6 Å². The Morgan fingerprint density at radius 2 is 2.23 bits per heavy atom. The first-order valence-electron chi connectivity index (χ1n) is 3.97. The molecule has 0 fully saturated rings. The monoisotopic (exact) mass is 245 g/mol. The van der Waals surface area contributed by atoms with Gasteiger partial charge in [-0.1, -0.05) is 0 Å². The van der Waals surface area contributed by atoms with Gasteiger partial charge in [-0.3, -0.25) is 4.79 Å². The van der Waals surface area contributed by atoms with E-state index in [4.69, 9.17) is 5.11 Å². The summed E-state index contributed by atoms with van der Waals surface area (Å²) in [7, 11) is 0. The van der Waals surface area contributed by atoms with Gasteiger partial charge in [-0.25, -0.2) is 0 Å². The van der Waals surface area contributed by atoms with E-state index in [0.29, 0.717) is 4.47 Å². The minimum atomic E-state index is -0.555. The van der Waals surface area contributed by atoms with Crippen molar-refractivity contribution >= 4 is 15.9 Å². The Morgan fingerprint density at radius 1 is 1.62 bits per heavy atom. The largest absolute Gasteiger partial charge is 0.394 e. The Bertz CT molecular complexity index is 357. The summed E-state index contributed by atoms with van der Waals surface area (Å²) in [4.78, 5) is 11.6. The molecule has 0 saturated heterocycles. The highest BCUT2D eigenvalue weighted by molar-refractivity contribution is 9.10. The van der Waals surface area contributed by atoms with Crippen LogP contribution in [0.15, 0.2) is 27.6 Å². The molecular weight excluding hydrogens is 234 g/mol. The van der Waals surface area contributed by atoms with E-state index in [1.54, 1.807) is 32.2 Å². The molecule has 0 amide bonds. The molecular formula is C9H12BrNO2. The van der Waals surface area contributed by atoms with Gasteiger partial charge in [0.1, 0.15) is 0 Å². The first-order chi connectivity index (χ1) is 5.99. The highest BCUT2D eigenvalue weighted by Crippen LogP contribution is 2.12. The highest BCUT2D eigenvalue weighted by atomic mass is 79.9. The van der Waals surface area contributed by atoms with Crippen molar-refractivity contribution in [2.45, 2.75) is 19.4 Å². The number of aliphatic hydroxyl groups is 1. The summed E-state index contributed by atoms with van der Waals surface area (Å²) in [5.41, 5.74) is -0.678. The fraction of sp³-hybridized carbons (Fsp3) is 0.444. The summed E-state index contributed by atoms with van der Waals surface area (Å²) in [5, 5.41) is 9.09. The zero-order valence-corrected chi connectivity index (χ0v) is 9.21. The number of hydrogen-bond acceptors (Lipinski definition) is 2. The van der Waals surface area contributed by atoms with Crippen LogP contribution in [0.5, 0.6) is 0 Å². The molecule has 3 nitrogen and oxygen atoms in total. The van der Waals surface area contributed by atoms with E-state index in [-0.39, 0.29) is 12.2 Å². The highest BCUT2D eigenvalue weighted by Gasteiger charge is 2.20. The molecule has 1 rings (SSSR count). The summed E-state index contributed by atoms with van der Waals surface area (Å²) in [6, 6.07) is 3.45. The molecule has 0 spiro atoms. The number of pyridine rings is 1. The number of rotatable bonds is 2. The van der Waals surface area contributed by atoms with E-state index in [1.807, 2.05) is 0 Å². The maximum atomic E-state index is 11.6.